The molecule has 452 valence electrons. The number of hydrogen-bond donors (Lipinski definition) is 6. The van der Waals surface area contributed by atoms with Crippen LogP contribution in [0.25, 0.3) is 56.6 Å². The first-order valence-corrected chi connectivity index (χ1v) is 26.9. The van der Waals surface area contributed by atoms with E-state index in [1.54, 1.807) is 67.0 Å². The maximum atomic E-state index is 13.1. The number of benzene rings is 2. The van der Waals surface area contributed by atoms with E-state index in [1.165, 1.54) is 35.5 Å². The Hall–Kier alpha value is -9.06. The number of carbonyl (C=O) groups excluding carboxylic acids is 3. The van der Waals surface area contributed by atoms with Crippen LogP contribution in [0.3, 0.4) is 0 Å². The number of furan rings is 2. The van der Waals surface area contributed by atoms with Crippen molar-refractivity contribution in [1.29, 1.82) is 0 Å². The first kappa shape index (κ1) is 64.5. The van der Waals surface area contributed by atoms with Gasteiger partial charge in [0.25, 0.3) is 5.91 Å². The number of aliphatic hydroxyl groups is 2. The van der Waals surface area contributed by atoms with E-state index in [4.69, 9.17) is 30.5 Å². The fourth-order valence-corrected chi connectivity index (χ4v) is 9.43. The summed E-state index contributed by atoms with van der Waals surface area (Å²) in [6.45, 7) is 3.92. The third-order valence-corrected chi connectivity index (χ3v) is 14.5. The van der Waals surface area contributed by atoms with Crippen LogP contribution in [0.1, 0.15) is 100 Å². The lowest BCUT2D eigenvalue weighted by Crippen LogP contribution is -2.54. The van der Waals surface area contributed by atoms with Crippen LogP contribution < -0.4 is 16.8 Å². The number of nitrogens with two attached hydrogens (primary N) is 2. The Balaban J connectivity index is 0.000000212. The second-order valence-electron chi connectivity index (χ2n) is 20.8. The van der Waals surface area contributed by atoms with Crippen LogP contribution in [0.15, 0.2) is 131 Å². The number of allylic oxidation sites excluding steroid dienone is 2. The lowest BCUT2D eigenvalue weighted by Gasteiger charge is -2.39. The van der Waals surface area contributed by atoms with E-state index in [9.17, 15) is 50.6 Å². The van der Waals surface area contributed by atoms with Gasteiger partial charge in [-0.15, -0.1) is 0 Å². The molecule has 0 saturated carbocycles. The minimum atomic E-state index is -4.73. The Kier molecular flexibility index (Phi) is 20.5. The number of amides is 1. The number of aromatic nitrogens is 4. The first-order chi connectivity index (χ1) is 40.3. The number of nitrogen functional groups attached to an aromatic ring is 2. The molecule has 8 N–H and O–H groups in total. The monoisotopic (exact) mass is 1190 g/mol. The van der Waals surface area contributed by atoms with Crippen LogP contribution in [0.4, 0.5) is 38.0 Å². The number of halogens is 6. The number of ketones is 2. The molecule has 0 bridgehead atoms. The molecule has 2 aromatic carbocycles. The average Bonchev–Trinajstić information content (AvgIpc) is 1.75. The standard InChI is InChI=1S/C31H29F3N4O4.C25H21N3O4.C6H10F3NO.CH4/c1-19-14-22(26-8-4-21(18-36-26)29(40)38-12-10-30(41,11-13-38)31(32,33)34)15-23-16-25(42-28(19)23)7-6-24(39)5-2-20-3-9-27(35)37-17-20;1-15-10-18(22-8-4-17(14-27-22)25(30)31)11-19-12-21(32-24(15)19)7-6-20(29)5-2-16-3-9-23(26)28-13-16;7-6(8,9)5(11)1-3-10-4-2-5;/h2-5,8-9,14-18,41H,6-7,10-13H2,1H3,(H2,35,37);2-5,8-14H,6-7H2,1H3,(H2,26,28)(H,30,31);10-11H,1-4H2;1H4/b2*5-2+;;. The molecule has 8 heterocycles. The number of likely N-dealkylation sites (tertiary alicyclic amines) is 1. The zero-order valence-electron chi connectivity index (χ0n) is 46.1. The van der Waals surface area contributed by atoms with Crippen LogP contribution in [0, 0.1) is 13.8 Å². The van der Waals surface area contributed by atoms with Crippen LogP contribution >= 0.6 is 0 Å². The van der Waals surface area contributed by atoms with Gasteiger partial charge in [0.05, 0.1) is 22.5 Å². The molecule has 10 rings (SSSR count). The summed E-state index contributed by atoms with van der Waals surface area (Å²) in [5.41, 5.74) is 14.2. The Morgan fingerprint density at radius 1 is 0.605 bits per heavy atom. The number of fused-ring (bicyclic) bond motifs is 2. The van der Waals surface area contributed by atoms with Crippen molar-refractivity contribution in [1.82, 2.24) is 30.2 Å². The number of nitrogens with one attached hydrogen (secondary N) is 1. The fourth-order valence-electron chi connectivity index (χ4n) is 9.43. The second-order valence-corrected chi connectivity index (χ2v) is 20.8. The minimum Gasteiger partial charge on any atom is -0.478 e. The summed E-state index contributed by atoms with van der Waals surface area (Å²) >= 11 is 0. The van der Waals surface area contributed by atoms with Gasteiger partial charge >= 0.3 is 18.3 Å². The molecule has 86 heavy (non-hydrogen) atoms. The molecular formula is C63H64F6N8O9. The molecule has 6 aromatic heterocycles. The predicted octanol–water partition coefficient (Wildman–Crippen LogP) is 11.5. The highest BCUT2D eigenvalue weighted by Crippen LogP contribution is 2.39. The lowest BCUT2D eigenvalue weighted by molar-refractivity contribution is -0.271. The summed E-state index contributed by atoms with van der Waals surface area (Å²) in [5.74, 6) is 0.743. The second kappa shape index (κ2) is 27.3. The number of piperidine rings is 2. The van der Waals surface area contributed by atoms with Gasteiger partial charge in [0.2, 0.25) is 0 Å². The van der Waals surface area contributed by atoms with Gasteiger partial charge in [-0.1, -0.05) is 7.43 Å². The molecule has 17 nitrogen and oxygen atoms in total. The highest BCUT2D eigenvalue weighted by atomic mass is 19.4. The maximum absolute atomic E-state index is 13.1. The number of aryl methyl sites for hydroxylation is 4. The number of rotatable bonds is 14. The van der Waals surface area contributed by atoms with Crippen molar-refractivity contribution in [2.45, 2.75) is 96.2 Å². The third-order valence-electron chi connectivity index (χ3n) is 14.5. The van der Waals surface area contributed by atoms with Crippen molar-refractivity contribution in [3.8, 4) is 22.5 Å². The highest BCUT2D eigenvalue weighted by Gasteiger charge is 2.55. The number of anilines is 2. The quantitative estimate of drug-likeness (QED) is 0.0436. The van der Waals surface area contributed by atoms with Crippen molar-refractivity contribution >= 4 is 69.2 Å². The van der Waals surface area contributed by atoms with Crippen LogP contribution in [0.5, 0.6) is 0 Å². The van der Waals surface area contributed by atoms with Gasteiger partial charge in [-0.05, 0) is 171 Å². The van der Waals surface area contributed by atoms with Gasteiger partial charge in [-0.25, -0.2) is 14.8 Å². The number of aromatic carboxylic acids is 1. The summed E-state index contributed by atoms with van der Waals surface area (Å²) in [6.07, 6.45) is 3.10. The van der Waals surface area contributed by atoms with Crippen LogP contribution in [0.2, 0.25) is 0 Å². The number of carboxylic acid groups (broad SMARTS) is 1. The number of carbonyl (C=O) groups is 4. The van der Waals surface area contributed by atoms with Crippen molar-refractivity contribution < 1.29 is 69.7 Å². The molecule has 0 aliphatic carbocycles. The number of carboxylic acids is 1. The number of nitrogens with zero attached hydrogens (tertiary/aromatic N) is 5. The molecule has 0 unspecified atom stereocenters. The van der Waals surface area contributed by atoms with Gasteiger partial charge in [0.15, 0.2) is 22.8 Å². The molecule has 0 radical (unpaired) electrons. The van der Waals surface area contributed by atoms with E-state index in [1.807, 2.05) is 50.2 Å². The first-order valence-electron chi connectivity index (χ1n) is 26.9. The Morgan fingerprint density at radius 2 is 1.03 bits per heavy atom. The molecule has 1 amide bonds. The number of pyridine rings is 4. The SMILES string of the molecule is C.Cc1cc(-c2ccc(C(=O)N3CCC(O)(C(F)(F)F)CC3)cn2)cc2cc(CCC(=O)/C=C/c3ccc(N)nc3)oc12.Cc1cc(-c2ccc(C(=O)O)cn2)cc2cc(CCC(=O)/C=C/c3ccc(N)nc3)oc12.OC1(C(F)(F)F)CCNCC1. The van der Waals surface area contributed by atoms with Gasteiger partial charge in [0, 0.05) is 98.3 Å². The van der Waals surface area contributed by atoms with Gasteiger partial charge in [0.1, 0.15) is 34.3 Å². The molecule has 2 aliphatic heterocycles. The molecule has 2 saturated heterocycles. The Bertz CT molecular complexity index is 3730. The van der Waals surface area contributed by atoms with Gasteiger partial charge in [-0.3, -0.25) is 24.4 Å². The summed E-state index contributed by atoms with van der Waals surface area (Å²) in [5, 5.41) is 32.5. The number of alkyl halides is 6. The molecule has 8 aromatic rings. The molecule has 2 fully saturated rings. The van der Waals surface area contributed by atoms with E-state index in [2.05, 4.69) is 25.3 Å². The zero-order chi connectivity index (χ0) is 61.3. The van der Waals surface area contributed by atoms with E-state index < -0.39 is 48.3 Å². The van der Waals surface area contributed by atoms with Gasteiger partial charge < -0.3 is 45.8 Å². The summed E-state index contributed by atoms with van der Waals surface area (Å²) in [6, 6.07) is 25.0. The predicted molar refractivity (Wildman–Crippen MR) is 313 cm³/mol. The van der Waals surface area contributed by atoms with E-state index >= 15 is 0 Å². The smallest absolute Gasteiger partial charge is 0.417 e. The summed E-state index contributed by atoms with van der Waals surface area (Å²) < 4.78 is 87.4. The van der Waals surface area contributed by atoms with Crippen LogP contribution in [-0.2, 0) is 22.4 Å². The van der Waals surface area contributed by atoms with E-state index in [0.29, 0.717) is 53.6 Å². The van der Waals surface area contributed by atoms with Crippen molar-refractivity contribution in [3.63, 3.8) is 0 Å². The number of hydrogen-bond acceptors (Lipinski definition) is 15. The van der Waals surface area contributed by atoms with E-state index in [0.717, 1.165) is 55.5 Å². The largest absolute Gasteiger partial charge is 0.478 e. The zero-order valence-corrected chi connectivity index (χ0v) is 46.1. The van der Waals surface area contributed by atoms with Crippen LogP contribution in [-0.4, -0.2) is 113 Å². The van der Waals surface area contributed by atoms with E-state index in [-0.39, 0.29) is 75.6 Å². The Labute approximate surface area is 490 Å². The molecule has 0 spiro atoms. The van der Waals surface area contributed by atoms with Gasteiger partial charge in [-0.2, -0.15) is 26.3 Å². The molecule has 2 aliphatic rings. The molecule has 23 heteroatoms. The molecular weight excluding hydrogens is 1130 g/mol. The maximum Gasteiger partial charge on any atom is 0.417 e. The molecule has 0 atom stereocenters. The Morgan fingerprint density at radius 3 is 1.41 bits per heavy atom. The lowest BCUT2D eigenvalue weighted by atomic mass is 9.90. The van der Waals surface area contributed by atoms with Crippen molar-refractivity contribution in [2.24, 2.45) is 0 Å². The normalized spacial score (nSPS) is 14.9. The topological polar surface area (TPSA) is 274 Å². The average molecular weight is 1190 g/mol. The summed E-state index contributed by atoms with van der Waals surface area (Å²) in [7, 11) is 0. The summed E-state index contributed by atoms with van der Waals surface area (Å²) in [4.78, 5) is 66.4. The fraction of sp³-hybridized carbons (Fsp3) is 0.302. The third kappa shape index (κ3) is 16.2. The van der Waals surface area contributed by atoms with Crippen molar-refractivity contribution in [2.75, 3.05) is 37.6 Å². The minimum absolute atomic E-state index is 0. The van der Waals surface area contributed by atoms with Crippen molar-refractivity contribution in [3.05, 3.63) is 167 Å². The highest BCUT2D eigenvalue weighted by molar-refractivity contribution is 5.96.